The average molecular weight is 316 g/mol. The highest BCUT2D eigenvalue weighted by Gasteiger charge is 2.39. The summed E-state index contributed by atoms with van der Waals surface area (Å²) in [6.07, 6.45) is 0.907. The molecule has 1 saturated heterocycles. The van der Waals surface area contributed by atoms with E-state index in [-0.39, 0.29) is 24.4 Å². The first-order valence-electron chi connectivity index (χ1n) is 7.61. The van der Waals surface area contributed by atoms with Crippen molar-refractivity contribution in [3.05, 3.63) is 46.3 Å². The lowest BCUT2D eigenvalue weighted by molar-refractivity contribution is -0.145. The van der Waals surface area contributed by atoms with E-state index in [1.807, 2.05) is 30.3 Å². The van der Waals surface area contributed by atoms with Crippen LogP contribution < -0.4 is 0 Å². The first-order chi connectivity index (χ1) is 11.2. The SMILES string of the molecule is C[C@H](CCN=[N+]=[N-])C(=O)N1C(C=O)OC[C@H]1Cc1ccccc1. The highest BCUT2D eigenvalue weighted by atomic mass is 16.5. The summed E-state index contributed by atoms with van der Waals surface area (Å²) in [4.78, 5) is 28.1. The average Bonchev–Trinajstić information content (AvgIpc) is 2.97. The maximum absolute atomic E-state index is 12.7. The number of hydrogen-bond acceptors (Lipinski definition) is 4. The van der Waals surface area contributed by atoms with Crippen LogP contribution in [0.1, 0.15) is 18.9 Å². The van der Waals surface area contributed by atoms with Gasteiger partial charge in [-0.25, -0.2) is 0 Å². The van der Waals surface area contributed by atoms with Gasteiger partial charge in [0.05, 0.1) is 12.6 Å². The first-order valence-corrected chi connectivity index (χ1v) is 7.61. The predicted molar refractivity (Wildman–Crippen MR) is 84.4 cm³/mol. The molecule has 1 heterocycles. The number of rotatable bonds is 7. The number of hydrogen-bond donors (Lipinski definition) is 0. The standard InChI is InChI=1S/C16H20N4O3/c1-12(7-8-18-19-17)16(22)20-14(11-23-15(20)10-21)9-13-5-3-2-4-6-13/h2-6,10,12,14-15H,7-9,11H2,1H3/t12-,14-,15?/m1/s1. The summed E-state index contributed by atoms with van der Waals surface area (Å²) in [5, 5.41) is 3.46. The van der Waals surface area contributed by atoms with Crippen LogP contribution in [-0.2, 0) is 20.7 Å². The van der Waals surface area contributed by atoms with Gasteiger partial charge in [0.1, 0.15) is 0 Å². The van der Waals surface area contributed by atoms with Gasteiger partial charge in [0.15, 0.2) is 12.5 Å². The van der Waals surface area contributed by atoms with Gasteiger partial charge < -0.3 is 9.64 Å². The summed E-state index contributed by atoms with van der Waals surface area (Å²) >= 11 is 0. The van der Waals surface area contributed by atoms with E-state index in [2.05, 4.69) is 10.0 Å². The lowest BCUT2D eigenvalue weighted by atomic mass is 10.0. The first kappa shape index (κ1) is 17.0. The molecule has 0 bridgehead atoms. The zero-order valence-electron chi connectivity index (χ0n) is 13.0. The van der Waals surface area contributed by atoms with Crippen LogP contribution in [0, 0.1) is 5.92 Å². The second-order valence-corrected chi connectivity index (χ2v) is 5.59. The third-order valence-corrected chi connectivity index (χ3v) is 3.96. The molecule has 0 aliphatic carbocycles. The monoisotopic (exact) mass is 316 g/mol. The minimum atomic E-state index is -0.835. The maximum Gasteiger partial charge on any atom is 0.228 e. The van der Waals surface area contributed by atoms with Gasteiger partial charge in [-0.1, -0.05) is 42.4 Å². The molecule has 0 spiro atoms. The predicted octanol–water partition coefficient (Wildman–Crippen LogP) is 2.32. The van der Waals surface area contributed by atoms with Crippen LogP contribution in [0.3, 0.4) is 0 Å². The Balaban J connectivity index is 2.08. The van der Waals surface area contributed by atoms with Crippen LogP contribution in [-0.4, -0.2) is 42.5 Å². The molecule has 23 heavy (non-hydrogen) atoms. The highest BCUT2D eigenvalue weighted by Crippen LogP contribution is 2.23. The van der Waals surface area contributed by atoms with Crippen molar-refractivity contribution >= 4 is 12.2 Å². The third kappa shape index (κ3) is 4.31. The Bertz CT molecular complexity index is 586. The molecular weight excluding hydrogens is 296 g/mol. The zero-order valence-corrected chi connectivity index (χ0v) is 13.0. The van der Waals surface area contributed by atoms with E-state index < -0.39 is 6.23 Å². The fourth-order valence-corrected chi connectivity index (χ4v) is 2.71. The number of benzene rings is 1. The Labute approximate surface area is 134 Å². The van der Waals surface area contributed by atoms with Gasteiger partial charge in [-0.15, -0.1) is 0 Å². The van der Waals surface area contributed by atoms with Crippen molar-refractivity contribution in [2.75, 3.05) is 13.2 Å². The molecule has 1 aromatic carbocycles. The molecule has 3 atom stereocenters. The Hall–Kier alpha value is -2.37. The van der Waals surface area contributed by atoms with E-state index in [0.29, 0.717) is 25.7 Å². The quantitative estimate of drug-likeness (QED) is 0.334. The number of nitrogens with zero attached hydrogens (tertiary/aromatic N) is 4. The van der Waals surface area contributed by atoms with Gasteiger partial charge in [0.25, 0.3) is 0 Å². The highest BCUT2D eigenvalue weighted by molar-refractivity contribution is 5.82. The van der Waals surface area contributed by atoms with Gasteiger partial charge in [-0.3, -0.25) is 9.59 Å². The van der Waals surface area contributed by atoms with E-state index in [4.69, 9.17) is 10.3 Å². The molecule has 0 aromatic heterocycles. The second kappa shape index (κ2) is 8.31. The van der Waals surface area contributed by atoms with E-state index >= 15 is 0 Å². The lowest BCUT2D eigenvalue weighted by Crippen LogP contribution is -2.46. The Morgan fingerprint density at radius 3 is 2.91 bits per heavy atom. The van der Waals surface area contributed by atoms with Gasteiger partial charge in [0, 0.05) is 17.4 Å². The van der Waals surface area contributed by atoms with Crippen molar-refractivity contribution in [1.29, 1.82) is 0 Å². The maximum atomic E-state index is 12.7. The molecule has 7 nitrogen and oxygen atoms in total. The Kier molecular flexibility index (Phi) is 6.14. The Morgan fingerprint density at radius 2 is 2.26 bits per heavy atom. The van der Waals surface area contributed by atoms with Crippen LogP contribution in [0.25, 0.3) is 10.4 Å². The number of aldehydes is 1. The summed E-state index contributed by atoms with van der Waals surface area (Å²) in [6.45, 7) is 2.37. The molecule has 0 saturated carbocycles. The van der Waals surface area contributed by atoms with Crippen molar-refractivity contribution < 1.29 is 14.3 Å². The zero-order chi connectivity index (χ0) is 16.7. The van der Waals surface area contributed by atoms with Crippen LogP contribution in [0.2, 0.25) is 0 Å². The largest absolute Gasteiger partial charge is 0.349 e. The lowest BCUT2D eigenvalue weighted by Gasteiger charge is -2.28. The summed E-state index contributed by atoms with van der Waals surface area (Å²) in [5.74, 6) is -0.475. The van der Waals surface area contributed by atoms with Crippen LogP contribution in [0.4, 0.5) is 0 Å². The van der Waals surface area contributed by atoms with Crippen molar-refractivity contribution in [3.8, 4) is 0 Å². The normalized spacial score (nSPS) is 21.5. The molecule has 122 valence electrons. The smallest absolute Gasteiger partial charge is 0.228 e. The molecule has 7 heteroatoms. The van der Waals surface area contributed by atoms with E-state index in [0.717, 1.165) is 5.56 Å². The summed E-state index contributed by atoms with van der Waals surface area (Å²) in [7, 11) is 0. The molecule has 1 aliphatic heterocycles. The molecule has 0 N–H and O–H groups in total. The van der Waals surface area contributed by atoms with Crippen molar-refractivity contribution in [1.82, 2.24) is 4.90 Å². The van der Waals surface area contributed by atoms with E-state index in [1.54, 1.807) is 6.92 Å². The van der Waals surface area contributed by atoms with Crippen molar-refractivity contribution in [2.45, 2.75) is 32.0 Å². The van der Waals surface area contributed by atoms with E-state index in [9.17, 15) is 9.59 Å². The number of carbonyl (C=O) groups excluding carboxylic acids is 2. The summed E-state index contributed by atoms with van der Waals surface area (Å²) in [6, 6.07) is 9.63. The van der Waals surface area contributed by atoms with Crippen molar-refractivity contribution in [2.24, 2.45) is 11.0 Å². The van der Waals surface area contributed by atoms with Crippen LogP contribution >= 0.6 is 0 Å². The molecule has 1 fully saturated rings. The minimum Gasteiger partial charge on any atom is -0.349 e. The van der Waals surface area contributed by atoms with Gasteiger partial charge in [-0.05, 0) is 23.9 Å². The minimum absolute atomic E-state index is 0.145. The molecular formula is C16H20N4O3. The molecule has 1 aliphatic rings. The summed E-state index contributed by atoms with van der Waals surface area (Å²) in [5.41, 5.74) is 9.40. The van der Waals surface area contributed by atoms with Crippen molar-refractivity contribution in [3.63, 3.8) is 0 Å². The third-order valence-electron chi connectivity index (χ3n) is 3.96. The summed E-state index contributed by atoms with van der Waals surface area (Å²) < 4.78 is 5.45. The fourth-order valence-electron chi connectivity index (χ4n) is 2.71. The molecule has 1 unspecified atom stereocenters. The Morgan fingerprint density at radius 1 is 1.52 bits per heavy atom. The topological polar surface area (TPSA) is 95.4 Å². The van der Waals surface area contributed by atoms with Gasteiger partial charge >= 0.3 is 0 Å². The van der Waals surface area contributed by atoms with E-state index in [1.165, 1.54) is 4.90 Å². The number of azide groups is 1. The molecule has 2 rings (SSSR count). The van der Waals surface area contributed by atoms with Crippen LogP contribution in [0.15, 0.2) is 35.4 Å². The van der Waals surface area contributed by atoms with Gasteiger partial charge in [0.2, 0.25) is 5.91 Å². The molecule has 0 radical (unpaired) electrons. The molecule has 1 aromatic rings. The van der Waals surface area contributed by atoms with Gasteiger partial charge in [-0.2, -0.15) is 0 Å². The number of ether oxygens (including phenoxy) is 1. The second-order valence-electron chi connectivity index (χ2n) is 5.59. The van der Waals surface area contributed by atoms with Crippen LogP contribution in [0.5, 0.6) is 0 Å². The number of carbonyl (C=O) groups is 2. The molecule has 1 amide bonds. The number of amides is 1. The fraction of sp³-hybridized carbons (Fsp3) is 0.500.